The number of carbonyl (C=O) groups is 1. The van der Waals surface area contributed by atoms with Crippen molar-refractivity contribution in [3.8, 4) is 0 Å². The van der Waals surface area contributed by atoms with Crippen molar-refractivity contribution in [3.05, 3.63) is 0 Å². The van der Waals surface area contributed by atoms with Gasteiger partial charge in [-0.3, -0.25) is 4.79 Å². The van der Waals surface area contributed by atoms with E-state index in [0.29, 0.717) is 12.5 Å². The molecule has 0 aromatic heterocycles. The van der Waals surface area contributed by atoms with E-state index in [1.807, 2.05) is 20.8 Å². The fourth-order valence-electron chi connectivity index (χ4n) is 2.30. The normalized spacial score (nSPS) is 22.2. The first kappa shape index (κ1) is 15.4. The Morgan fingerprint density at radius 3 is 2.61 bits per heavy atom. The van der Waals surface area contributed by atoms with Crippen LogP contribution in [0.15, 0.2) is 0 Å². The number of piperidine rings is 1. The first-order valence-corrected chi connectivity index (χ1v) is 6.88. The van der Waals surface area contributed by atoms with Crippen LogP contribution in [0.25, 0.3) is 0 Å². The Balaban J connectivity index is 2.28. The molecule has 1 rings (SSSR count). The predicted molar refractivity (Wildman–Crippen MR) is 73.6 cm³/mol. The van der Waals surface area contributed by atoms with Gasteiger partial charge in [0, 0.05) is 19.1 Å². The van der Waals surface area contributed by atoms with Gasteiger partial charge in [-0.15, -0.1) is 0 Å². The molecule has 1 fully saturated rings. The Bertz CT molecular complexity index is 271. The van der Waals surface area contributed by atoms with E-state index in [0.717, 1.165) is 19.6 Å². The lowest BCUT2D eigenvalue weighted by Crippen LogP contribution is -2.45. The average molecular weight is 256 g/mol. The molecule has 0 aromatic rings. The second-order valence-corrected chi connectivity index (χ2v) is 6.40. The van der Waals surface area contributed by atoms with Gasteiger partial charge in [0.05, 0.1) is 6.42 Å². The highest BCUT2D eigenvalue weighted by molar-refractivity contribution is 5.70. The van der Waals surface area contributed by atoms with Crippen molar-refractivity contribution in [2.45, 2.75) is 51.7 Å². The minimum atomic E-state index is -0.370. The van der Waals surface area contributed by atoms with Gasteiger partial charge < -0.3 is 14.5 Å². The van der Waals surface area contributed by atoms with Crippen LogP contribution >= 0.6 is 0 Å². The summed E-state index contributed by atoms with van der Waals surface area (Å²) in [7, 11) is 4.25. The van der Waals surface area contributed by atoms with E-state index in [2.05, 4.69) is 23.9 Å². The van der Waals surface area contributed by atoms with E-state index in [-0.39, 0.29) is 11.6 Å². The third-order valence-corrected chi connectivity index (χ3v) is 3.26. The summed E-state index contributed by atoms with van der Waals surface area (Å²) in [4.78, 5) is 16.3. The standard InChI is InChI=1S/C14H28N2O2/c1-14(2,3)18-13(17)8-10-16-9-6-7-12(11-16)15(4)5/h12H,6-11H2,1-5H3. The number of ether oxygens (including phenoxy) is 1. The molecule has 4 heteroatoms. The molecule has 1 heterocycles. The van der Waals surface area contributed by atoms with Crippen LogP contribution in [-0.2, 0) is 9.53 Å². The molecule has 106 valence electrons. The van der Waals surface area contributed by atoms with Crippen LogP contribution in [0.5, 0.6) is 0 Å². The molecule has 1 unspecified atom stereocenters. The van der Waals surface area contributed by atoms with Gasteiger partial charge in [-0.05, 0) is 54.3 Å². The molecule has 4 nitrogen and oxygen atoms in total. The van der Waals surface area contributed by atoms with Gasteiger partial charge in [0.25, 0.3) is 0 Å². The van der Waals surface area contributed by atoms with Gasteiger partial charge in [0.1, 0.15) is 5.60 Å². The lowest BCUT2D eigenvalue weighted by molar-refractivity contribution is -0.155. The number of hydrogen-bond acceptors (Lipinski definition) is 4. The second kappa shape index (κ2) is 6.53. The minimum absolute atomic E-state index is 0.0884. The van der Waals surface area contributed by atoms with Crippen LogP contribution in [0.4, 0.5) is 0 Å². The van der Waals surface area contributed by atoms with Crippen molar-refractivity contribution in [1.29, 1.82) is 0 Å². The Morgan fingerprint density at radius 1 is 1.39 bits per heavy atom. The van der Waals surface area contributed by atoms with E-state index < -0.39 is 0 Å². The molecule has 1 atom stereocenters. The zero-order valence-electron chi connectivity index (χ0n) is 12.5. The largest absolute Gasteiger partial charge is 0.460 e. The van der Waals surface area contributed by atoms with Gasteiger partial charge in [-0.1, -0.05) is 0 Å². The van der Waals surface area contributed by atoms with Crippen LogP contribution in [0.1, 0.15) is 40.0 Å². The smallest absolute Gasteiger partial charge is 0.307 e. The Hall–Kier alpha value is -0.610. The van der Waals surface area contributed by atoms with Gasteiger partial charge in [0.2, 0.25) is 0 Å². The summed E-state index contributed by atoms with van der Waals surface area (Å²) in [5.74, 6) is -0.0884. The Labute approximate surface area is 111 Å². The second-order valence-electron chi connectivity index (χ2n) is 6.40. The van der Waals surface area contributed by atoms with Gasteiger partial charge in [-0.25, -0.2) is 0 Å². The number of nitrogens with zero attached hydrogens (tertiary/aromatic N) is 2. The lowest BCUT2D eigenvalue weighted by Gasteiger charge is -2.36. The molecule has 18 heavy (non-hydrogen) atoms. The first-order chi connectivity index (χ1) is 8.28. The van der Waals surface area contributed by atoms with Crippen molar-refractivity contribution < 1.29 is 9.53 Å². The highest BCUT2D eigenvalue weighted by Gasteiger charge is 2.22. The van der Waals surface area contributed by atoms with Crippen LogP contribution in [0.2, 0.25) is 0 Å². The Morgan fingerprint density at radius 2 is 2.06 bits per heavy atom. The summed E-state index contributed by atoms with van der Waals surface area (Å²) in [6, 6.07) is 0.623. The number of likely N-dealkylation sites (tertiary alicyclic amines) is 1. The molecule has 0 aliphatic carbocycles. The molecule has 1 aliphatic rings. The maximum absolute atomic E-state index is 11.7. The maximum atomic E-state index is 11.7. The average Bonchev–Trinajstić information content (AvgIpc) is 2.24. The number of likely N-dealkylation sites (N-methyl/N-ethyl adjacent to an activating group) is 1. The zero-order valence-corrected chi connectivity index (χ0v) is 12.5. The summed E-state index contributed by atoms with van der Waals surface area (Å²) in [5.41, 5.74) is -0.370. The van der Waals surface area contributed by atoms with Crippen molar-refractivity contribution in [2.24, 2.45) is 0 Å². The third-order valence-electron chi connectivity index (χ3n) is 3.26. The van der Waals surface area contributed by atoms with Gasteiger partial charge in [-0.2, -0.15) is 0 Å². The summed E-state index contributed by atoms with van der Waals surface area (Å²) in [5, 5.41) is 0. The fraction of sp³-hybridized carbons (Fsp3) is 0.929. The molecule has 1 aliphatic heterocycles. The lowest BCUT2D eigenvalue weighted by atomic mass is 10.0. The van der Waals surface area contributed by atoms with Crippen LogP contribution in [0.3, 0.4) is 0 Å². The molecule has 0 saturated carbocycles. The number of hydrogen-bond donors (Lipinski definition) is 0. The van der Waals surface area contributed by atoms with Crippen molar-refractivity contribution in [2.75, 3.05) is 33.7 Å². The van der Waals surface area contributed by atoms with E-state index in [1.165, 1.54) is 12.8 Å². The first-order valence-electron chi connectivity index (χ1n) is 6.88. The third kappa shape index (κ3) is 5.83. The molecule has 0 amide bonds. The summed E-state index contributed by atoms with van der Waals surface area (Å²) in [6.45, 7) is 8.72. The number of carbonyl (C=O) groups excluding carboxylic acids is 1. The van der Waals surface area contributed by atoms with E-state index >= 15 is 0 Å². The molecule has 0 N–H and O–H groups in total. The summed E-state index contributed by atoms with van der Waals surface area (Å²) < 4.78 is 5.33. The topological polar surface area (TPSA) is 32.8 Å². The fourth-order valence-corrected chi connectivity index (χ4v) is 2.30. The Kier molecular flexibility index (Phi) is 5.60. The zero-order chi connectivity index (χ0) is 13.8. The SMILES string of the molecule is CN(C)C1CCCN(CCC(=O)OC(C)(C)C)C1. The maximum Gasteiger partial charge on any atom is 0.307 e. The van der Waals surface area contributed by atoms with E-state index in [9.17, 15) is 4.79 Å². The number of rotatable bonds is 4. The molecule has 0 bridgehead atoms. The molecule has 0 spiro atoms. The predicted octanol–water partition coefficient (Wildman–Crippen LogP) is 1.74. The highest BCUT2D eigenvalue weighted by Crippen LogP contribution is 2.14. The van der Waals surface area contributed by atoms with Gasteiger partial charge in [0.15, 0.2) is 0 Å². The van der Waals surface area contributed by atoms with E-state index in [4.69, 9.17) is 4.74 Å². The van der Waals surface area contributed by atoms with Gasteiger partial charge >= 0.3 is 5.97 Å². The number of esters is 1. The van der Waals surface area contributed by atoms with E-state index in [1.54, 1.807) is 0 Å². The summed E-state index contributed by atoms with van der Waals surface area (Å²) >= 11 is 0. The highest BCUT2D eigenvalue weighted by atomic mass is 16.6. The minimum Gasteiger partial charge on any atom is -0.460 e. The molecule has 0 aromatic carbocycles. The molecular weight excluding hydrogens is 228 g/mol. The molecular formula is C14H28N2O2. The van der Waals surface area contributed by atoms with Crippen molar-refractivity contribution in [3.63, 3.8) is 0 Å². The molecule has 0 radical (unpaired) electrons. The van der Waals surface area contributed by atoms with Crippen LogP contribution in [0, 0.1) is 0 Å². The summed E-state index contributed by atoms with van der Waals surface area (Å²) in [6.07, 6.45) is 2.98. The quantitative estimate of drug-likeness (QED) is 0.717. The van der Waals surface area contributed by atoms with Crippen molar-refractivity contribution >= 4 is 5.97 Å². The van der Waals surface area contributed by atoms with Crippen molar-refractivity contribution in [1.82, 2.24) is 9.80 Å². The van der Waals surface area contributed by atoms with Crippen LogP contribution < -0.4 is 0 Å². The van der Waals surface area contributed by atoms with Crippen LogP contribution in [-0.4, -0.2) is 61.1 Å². The monoisotopic (exact) mass is 256 g/mol. The molecule has 1 saturated heterocycles.